The number of nitrogens with zero attached hydrogens (tertiary/aromatic N) is 3. The van der Waals surface area contributed by atoms with E-state index in [-0.39, 0.29) is 0 Å². The highest BCUT2D eigenvalue weighted by molar-refractivity contribution is 5.79. The first-order valence-electron chi connectivity index (χ1n) is 7.21. The van der Waals surface area contributed by atoms with Gasteiger partial charge in [0.25, 0.3) is 0 Å². The molecule has 0 amide bonds. The molecular formula is C13H29N5O. The first kappa shape index (κ1) is 16.2. The number of piperazine rings is 1. The standard InChI is InChI=1S/C13H29N5O/c1-4-12(2)17-7-9-18(10-8-17)13(16-14)15-6-5-11-19-3/h12H,4-11,14H2,1-3H3,(H,15,16). The van der Waals surface area contributed by atoms with Crippen molar-refractivity contribution in [3.05, 3.63) is 0 Å². The highest BCUT2D eigenvalue weighted by Gasteiger charge is 2.21. The summed E-state index contributed by atoms with van der Waals surface area (Å²) in [5, 5.41) is 0. The summed E-state index contributed by atoms with van der Waals surface area (Å²) in [6.07, 6.45) is 2.13. The van der Waals surface area contributed by atoms with E-state index in [2.05, 4.69) is 34.1 Å². The van der Waals surface area contributed by atoms with Crippen LogP contribution < -0.4 is 11.3 Å². The van der Waals surface area contributed by atoms with E-state index in [4.69, 9.17) is 10.6 Å². The number of nitrogens with one attached hydrogen (secondary N) is 1. The zero-order valence-electron chi connectivity index (χ0n) is 12.6. The van der Waals surface area contributed by atoms with Crippen LogP contribution in [-0.2, 0) is 4.74 Å². The number of rotatable bonds is 6. The van der Waals surface area contributed by atoms with Gasteiger partial charge in [0.2, 0.25) is 5.96 Å². The third kappa shape index (κ3) is 5.34. The molecule has 1 atom stereocenters. The van der Waals surface area contributed by atoms with Crippen molar-refractivity contribution in [3.8, 4) is 0 Å². The van der Waals surface area contributed by atoms with E-state index < -0.39 is 0 Å². The number of aliphatic imine (C=N–C) groups is 1. The fraction of sp³-hybridized carbons (Fsp3) is 0.923. The Balaban J connectivity index is 2.38. The van der Waals surface area contributed by atoms with Gasteiger partial charge in [0.1, 0.15) is 0 Å². The summed E-state index contributed by atoms with van der Waals surface area (Å²) < 4.78 is 5.01. The fourth-order valence-corrected chi connectivity index (χ4v) is 2.26. The van der Waals surface area contributed by atoms with Gasteiger partial charge in [-0.25, -0.2) is 5.84 Å². The van der Waals surface area contributed by atoms with Gasteiger partial charge in [-0.1, -0.05) is 6.92 Å². The summed E-state index contributed by atoms with van der Waals surface area (Å²) in [4.78, 5) is 9.25. The number of hydrogen-bond donors (Lipinski definition) is 2. The Morgan fingerprint density at radius 2 is 2.05 bits per heavy atom. The highest BCUT2D eigenvalue weighted by Crippen LogP contribution is 2.08. The lowest BCUT2D eigenvalue weighted by atomic mass is 10.2. The Morgan fingerprint density at radius 3 is 2.58 bits per heavy atom. The number of nitrogens with two attached hydrogens (primary N) is 1. The van der Waals surface area contributed by atoms with Crippen LogP contribution in [0.2, 0.25) is 0 Å². The zero-order valence-corrected chi connectivity index (χ0v) is 12.6. The van der Waals surface area contributed by atoms with E-state index in [1.807, 2.05) is 0 Å². The molecule has 1 unspecified atom stereocenters. The predicted molar refractivity (Wildman–Crippen MR) is 79.0 cm³/mol. The molecule has 0 aromatic carbocycles. The molecule has 0 aromatic rings. The molecule has 0 bridgehead atoms. The molecule has 1 saturated heterocycles. The van der Waals surface area contributed by atoms with Gasteiger partial charge >= 0.3 is 0 Å². The van der Waals surface area contributed by atoms with E-state index in [9.17, 15) is 0 Å². The first-order valence-corrected chi connectivity index (χ1v) is 7.21. The van der Waals surface area contributed by atoms with E-state index in [1.165, 1.54) is 6.42 Å². The van der Waals surface area contributed by atoms with E-state index >= 15 is 0 Å². The average Bonchev–Trinajstić information content (AvgIpc) is 2.47. The minimum Gasteiger partial charge on any atom is -0.385 e. The quantitative estimate of drug-likeness (QED) is 0.238. The molecule has 1 rings (SSSR count). The van der Waals surface area contributed by atoms with Gasteiger partial charge in [-0.3, -0.25) is 15.3 Å². The minimum atomic E-state index is 0.662. The van der Waals surface area contributed by atoms with Gasteiger partial charge in [0.15, 0.2) is 0 Å². The molecule has 0 aliphatic carbocycles. The Labute approximate surface area is 117 Å². The minimum absolute atomic E-state index is 0.662. The molecule has 0 saturated carbocycles. The van der Waals surface area contributed by atoms with Gasteiger partial charge in [-0.15, -0.1) is 0 Å². The summed E-state index contributed by atoms with van der Waals surface area (Å²) in [5.74, 6) is 6.38. The lowest BCUT2D eigenvalue weighted by Crippen LogP contribution is -2.55. The molecule has 0 radical (unpaired) electrons. The second-order valence-corrected chi connectivity index (χ2v) is 4.98. The van der Waals surface area contributed by atoms with Crippen molar-refractivity contribution in [3.63, 3.8) is 0 Å². The van der Waals surface area contributed by atoms with Gasteiger partial charge in [0.05, 0.1) is 0 Å². The lowest BCUT2D eigenvalue weighted by molar-refractivity contribution is 0.135. The second-order valence-electron chi connectivity index (χ2n) is 4.98. The molecule has 112 valence electrons. The smallest absolute Gasteiger partial charge is 0.208 e. The van der Waals surface area contributed by atoms with E-state index in [0.717, 1.165) is 51.7 Å². The average molecular weight is 271 g/mol. The largest absolute Gasteiger partial charge is 0.385 e. The van der Waals surface area contributed by atoms with Crippen LogP contribution in [0.1, 0.15) is 26.7 Å². The van der Waals surface area contributed by atoms with Crippen LogP contribution in [0.4, 0.5) is 0 Å². The second kappa shape index (κ2) is 9.12. The van der Waals surface area contributed by atoms with E-state index in [1.54, 1.807) is 7.11 Å². The fourth-order valence-electron chi connectivity index (χ4n) is 2.26. The maximum Gasteiger partial charge on any atom is 0.208 e. The van der Waals surface area contributed by atoms with Crippen LogP contribution in [-0.4, -0.2) is 68.2 Å². The number of ether oxygens (including phenoxy) is 1. The molecular weight excluding hydrogens is 242 g/mol. The van der Waals surface area contributed by atoms with Gasteiger partial charge in [0, 0.05) is 52.5 Å². The number of guanidine groups is 1. The van der Waals surface area contributed by atoms with Crippen LogP contribution in [0.5, 0.6) is 0 Å². The van der Waals surface area contributed by atoms with E-state index in [0.29, 0.717) is 6.04 Å². The number of hydrogen-bond acceptors (Lipinski definition) is 4. The molecule has 1 aliphatic rings. The molecule has 1 heterocycles. The van der Waals surface area contributed by atoms with Crippen molar-refractivity contribution in [2.45, 2.75) is 32.7 Å². The molecule has 0 aromatic heterocycles. The Kier molecular flexibility index (Phi) is 7.78. The Morgan fingerprint density at radius 1 is 1.37 bits per heavy atom. The van der Waals surface area contributed by atoms with Crippen LogP contribution in [0.25, 0.3) is 0 Å². The molecule has 6 heteroatoms. The maximum absolute atomic E-state index is 5.57. The third-order valence-corrected chi connectivity index (χ3v) is 3.73. The maximum atomic E-state index is 5.57. The van der Waals surface area contributed by atoms with Crippen molar-refractivity contribution >= 4 is 5.96 Å². The number of hydrazine groups is 1. The van der Waals surface area contributed by atoms with Crippen molar-refractivity contribution in [1.82, 2.24) is 15.2 Å². The monoisotopic (exact) mass is 271 g/mol. The SMILES string of the molecule is CCC(C)N1CCN(C(=NCCCOC)NN)CC1. The lowest BCUT2D eigenvalue weighted by Gasteiger charge is -2.38. The van der Waals surface area contributed by atoms with Gasteiger partial charge in [-0.2, -0.15) is 0 Å². The third-order valence-electron chi connectivity index (χ3n) is 3.73. The van der Waals surface area contributed by atoms with Gasteiger partial charge in [-0.05, 0) is 19.8 Å². The topological polar surface area (TPSA) is 66.1 Å². The van der Waals surface area contributed by atoms with Crippen molar-refractivity contribution in [1.29, 1.82) is 0 Å². The molecule has 19 heavy (non-hydrogen) atoms. The summed E-state index contributed by atoms with van der Waals surface area (Å²) in [7, 11) is 1.71. The molecule has 6 nitrogen and oxygen atoms in total. The summed E-state index contributed by atoms with van der Waals surface area (Å²) in [6, 6.07) is 0.662. The summed E-state index contributed by atoms with van der Waals surface area (Å²) in [6.45, 7) is 10.1. The van der Waals surface area contributed by atoms with Crippen LogP contribution in [0, 0.1) is 0 Å². The van der Waals surface area contributed by atoms with Gasteiger partial charge < -0.3 is 9.64 Å². The molecule has 0 spiro atoms. The predicted octanol–water partition coefficient (Wildman–Crippen LogP) is 0.258. The van der Waals surface area contributed by atoms with Crippen molar-refractivity contribution in [2.75, 3.05) is 46.4 Å². The van der Waals surface area contributed by atoms with Crippen LogP contribution >= 0.6 is 0 Å². The van der Waals surface area contributed by atoms with Crippen LogP contribution in [0.15, 0.2) is 4.99 Å². The molecule has 1 aliphatic heterocycles. The Bertz CT molecular complexity index is 264. The molecule has 1 fully saturated rings. The number of methoxy groups -OCH3 is 1. The first-order chi connectivity index (χ1) is 9.22. The highest BCUT2D eigenvalue weighted by atomic mass is 16.5. The van der Waals surface area contributed by atoms with Crippen molar-refractivity contribution in [2.24, 2.45) is 10.8 Å². The van der Waals surface area contributed by atoms with Crippen LogP contribution in [0.3, 0.4) is 0 Å². The zero-order chi connectivity index (χ0) is 14.1. The normalized spacial score (nSPS) is 19.6. The Hall–Kier alpha value is -0.850. The summed E-state index contributed by atoms with van der Waals surface area (Å²) in [5.41, 5.74) is 2.72. The van der Waals surface area contributed by atoms with Crippen molar-refractivity contribution < 1.29 is 4.74 Å². The molecule has 3 N–H and O–H groups in total. The summed E-state index contributed by atoms with van der Waals surface area (Å²) >= 11 is 0.